The molecule has 0 heterocycles. The van der Waals surface area contributed by atoms with Gasteiger partial charge in [-0.25, -0.2) is 0 Å². The summed E-state index contributed by atoms with van der Waals surface area (Å²) in [5.41, 5.74) is 1.94. The van der Waals surface area contributed by atoms with E-state index in [4.69, 9.17) is 5.39 Å². The van der Waals surface area contributed by atoms with Crippen molar-refractivity contribution in [2.75, 3.05) is 0 Å². The van der Waals surface area contributed by atoms with Crippen LogP contribution in [0.2, 0.25) is 0 Å². The summed E-state index contributed by atoms with van der Waals surface area (Å²) < 4.78 is 0. The molecule has 0 aromatic heterocycles. The van der Waals surface area contributed by atoms with Gasteiger partial charge in [-0.2, -0.15) is 0 Å². The lowest BCUT2D eigenvalue weighted by molar-refractivity contribution is 0.717. The third-order valence-electron chi connectivity index (χ3n) is 2.12. The molecule has 13 heavy (non-hydrogen) atoms. The Bertz CT molecular complexity index is 282. The Balaban J connectivity index is 2.46. The van der Waals surface area contributed by atoms with E-state index < -0.39 is 0 Å². The minimum absolute atomic E-state index is 0.624. The van der Waals surface area contributed by atoms with E-state index in [-0.39, 0.29) is 0 Å². The Hall–Kier alpha value is -1.36. The second-order valence-corrected chi connectivity index (χ2v) is 3.22. The maximum Gasteiger partial charge on any atom is 0.385 e. The van der Waals surface area contributed by atoms with E-state index in [0.717, 1.165) is 6.42 Å². The molecule has 2 heteroatoms. The predicted octanol–water partition coefficient (Wildman–Crippen LogP) is 3.90. The number of aryl methyl sites for hydroxylation is 1. The van der Waals surface area contributed by atoms with Crippen molar-refractivity contribution in [3.8, 4) is 0 Å². The number of nitrogens with zero attached hydrogens (tertiary/aromatic N) is 2. The van der Waals surface area contributed by atoms with Gasteiger partial charge >= 0.3 is 5.69 Å². The molecule has 0 aliphatic rings. The fourth-order valence-corrected chi connectivity index (χ4v) is 1.31. The van der Waals surface area contributed by atoms with Gasteiger partial charge in [0.05, 0.1) is 0 Å². The lowest BCUT2D eigenvalue weighted by Crippen LogP contribution is -1.83. The van der Waals surface area contributed by atoms with Crippen LogP contribution in [0, 0.1) is 5.39 Å². The highest BCUT2D eigenvalue weighted by Gasteiger charge is 2.01. The average Bonchev–Trinajstić information content (AvgIpc) is 2.19. The number of benzene rings is 1. The van der Waals surface area contributed by atoms with Gasteiger partial charge in [-0.15, -0.1) is 0 Å². The summed E-state index contributed by atoms with van der Waals surface area (Å²) in [5.74, 6) is 0. The second kappa shape index (κ2) is 5.31. The Morgan fingerprint density at radius 2 is 1.85 bits per heavy atom. The van der Waals surface area contributed by atoms with Gasteiger partial charge in [0.15, 0.2) is 4.98 Å². The molecule has 0 unspecified atom stereocenters. The van der Waals surface area contributed by atoms with Crippen molar-refractivity contribution < 1.29 is 0 Å². The van der Waals surface area contributed by atoms with Crippen LogP contribution in [0.1, 0.15) is 31.7 Å². The predicted molar refractivity (Wildman–Crippen MR) is 54.4 cm³/mol. The van der Waals surface area contributed by atoms with Gasteiger partial charge in [0, 0.05) is 12.1 Å². The topological polar surface area (TPSA) is 28.1 Å². The highest BCUT2D eigenvalue weighted by molar-refractivity contribution is 5.44. The van der Waals surface area contributed by atoms with Gasteiger partial charge < -0.3 is 0 Å². The highest BCUT2D eigenvalue weighted by atomic mass is 14.8. The van der Waals surface area contributed by atoms with Crippen LogP contribution in [-0.4, -0.2) is 0 Å². The van der Waals surface area contributed by atoms with Crippen LogP contribution in [0.4, 0.5) is 5.69 Å². The van der Waals surface area contributed by atoms with E-state index in [1.165, 1.54) is 24.8 Å². The normalized spacial score (nSPS) is 9.54. The molecule has 0 aliphatic heterocycles. The summed E-state index contributed by atoms with van der Waals surface area (Å²) in [6.45, 7) is 2.20. The molecule has 0 radical (unpaired) electrons. The standard InChI is InChI=1S/C11H15N2/c1-2-3-4-5-10-6-8-11(13-12)9-7-10/h6-9H,2-5H2,1H3/q+1. The zero-order chi connectivity index (χ0) is 9.52. The van der Waals surface area contributed by atoms with Gasteiger partial charge in [-0.1, -0.05) is 31.9 Å². The second-order valence-electron chi connectivity index (χ2n) is 3.22. The third-order valence-corrected chi connectivity index (χ3v) is 2.12. The quantitative estimate of drug-likeness (QED) is 0.503. The Labute approximate surface area is 79.2 Å². The van der Waals surface area contributed by atoms with Crippen molar-refractivity contribution in [2.45, 2.75) is 32.6 Å². The van der Waals surface area contributed by atoms with Crippen LogP contribution >= 0.6 is 0 Å². The van der Waals surface area contributed by atoms with Crippen LogP contribution in [0.5, 0.6) is 0 Å². The SMILES string of the molecule is CCCCCc1ccc([N+]#N)cc1. The number of unbranched alkanes of at least 4 members (excludes halogenated alkanes) is 2. The monoisotopic (exact) mass is 175 g/mol. The van der Waals surface area contributed by atoms with E-state index in [1.807, 2.05) is 24.3 Å². The molecule has 0 saturated heterocycles. The first-order valence-corrected chi connectivity index (χ1v) is 4.81. The first kappa shape index (κ1) is 9.73. The maximum atomic E-state index is 8.47. The molecule has 0 atom stereocenters. The van der Waals surface area contributed by atoms with Crippen LogP contribution < -0.4 is 0 Å². The molecule has 0 spiro atoms. The fraction of sp³-hybridized carbons (Fsp3) is 0.455. The zero-order valence-corrected chi connectivity index (χ0v) is 8.03. The number of diazo groups is 1. The molecule has 68 valence electrons. The number of rotatable bonds is 4. The van der Waals surface area contributed by atoms with Crippen molar-refractivity contribution in [3.05, 3.63) is 34.8 Å². The lowest BCUT2D eigenvalue weighted by Gasteiger charge is -1.97. The molecule has 0 fully saturated rings. The van der Waals surface area contributed by atoms with Crippen LogP contribution in [-0.2, 0) is 6.42 Å². The van der Waals surface area contributed by atoms with Crippen molar-refractivity contribution >= 4 is 5.69 Å². The smallest absolute Gasteiger partial charge is 0.0654 e. The molecule has 0 N–H and O–H groups in total. The molecule has 1 aromatic carbocycles. The lowest BCUT2D eigenvalue weighted by atomic mass is 10.1. The van der Waals surface area contributed by atoms with Crippen molar-refractivity contribution in [1.82, 2.24) is 0 Å². The molecule has 0 amide bonds. The minimum atomic E-state index is 0.624. The summed E-state index contributed by atoms with van der Waals surface area (Å²) in [6, 6.07) is 7.71. The zero-order valence-electron chi connectivity index (χ0n) is 8.03. The molecule has 2 nitrogen and oxygen atoms in total. The van der Waals surface area contributed by atoms with Crippen LogP contribution in [0.25, 0.3) is 4.98 Å². The first-order chi connectivity index (χ1) is 6.36. The van der Waals surface area contributed by atoms with E-state index in [0.29, 0.717) is 5.69 Å². The summed E-state index contributed by atoms with van der Waals surface area (Å²) in [6.07, 6.45) is 4.90. The Morgan fingerprint density at radius 3 is 2.38 bits per heavy atom. The molecular weight excluding hydrogens is 160 g/mol. The minimum Gasteiger partial charge on any atom is -0.0654 e. The molecule has 0 saturated carbocycles. The fourth-order valence-electron chi connectivity index (χ4n) is 1.31. The Kier molecular flexibility index (Phi) is 3.98. The van der Waals surface area contributed by atoms with Crippen molar-refractivity contribution in [2.24, 2.45) is 0 Å². The van der Waals surface area contributed by atoms with Crippen LogP contribution in [0.15, 0.2) is 24.3 Å². The van der Waals surface area contributed by atoms with Gasteiger partial charge in [-0.05, 0) is 18.4 Å². The van der Waals surface area contributed by atoms with Gasteiger partial charge in [0.2, 0.25) is 5.39 Å². The summed E-state index contributed by atoms with van der Waals surface area (Å²) in [5, 5.41) is 8.47. The van der Waals surface area contributed by atoms with Crippen molar-refractivity contribution in [1.29, 1.82) is 5.39 Å². The van der Waals surface area contributed by atoms with E-state index in [9.17, 15) is 0 Å². The third kappa shape index (κ3) is 3.25. The molecule has 0 bridgehead atoms. The molecule has 1 aromatic rings. The Morgan fingerprint density at radius 1 is 1.15 bits per heavy atom. The van der Waals surface area contributed by atoms with Gasteiger partial charge in [0.25, 0.3) is 0 Å². The summed E-state index contributed by atoms with van der Waals surface area (Å²) in [7, 11) is 0. The van der Waals surface area contributed by atoms with Gasteiger partial charge in [-0.3, -0.25) is 0 Å². The molecule has 1 rings (SSSR count). The summed E-state index contributed by atoms with van der Waals surface area (Å²) >= 11 is 0. The van der Waals surface area contributed by atoms with Crippen molar-refractivity contribution in [3.63, 3.8) is 0 Å². The number of hydrogen-bond acceptors (Lipinski definition) is 1. The number of hydrogen-bond donors (Lipinski definition) is 0. The largest absolute Gasteiger partial charge is 0.385 e. The maximum absolute atomic E-state index is 8.47. The van der Waals surface area contributed by atoms with Gasteiger partial charge in [0.1, 0.15) is 0 Å². The van der Waals surface area contributed by atoms with E-state index >= 15 is 0 Å². The molecular formula is C11H15N2+. The van der Waals surface area contributed by atoms with E-state index in [1.54, 1.807) is 0 Å². The first-order valence-electron chi connectivity index (χ1n) is 4.81. The summed E-state index contributed by atoms with van der Waals surface area (Å²) in [4.78, 5) is 3.11. The van der Waals surface area contributed by atoms with Crippen LogP contribution in [0.3, 0.4) is 0 Å². The van der Waals surface area contributed by atoms with E-state index in [2.05, 4.69) is 11.9 Å². The molecule has 0 aliphatic carbocycles. The highest BCUT2D eigenvalue weighted by Crippen LogP contribution is 2.14. The average molecular weight is 175 g/mol.